The summed E-state index contributed by atoms with van der Waals surface area (Å²) < 4.78 is 5.35. The van der Waals surface area contributed by atoms with E-state index in [9.17, 15) is 4.79 Å². The van der Waals surface area contributed by atoms with Crippen LogP contribution in [0.1, 0.15) is 22.4 Å². The summed E-state index contributed by atoms with van der Waals surface area (Å²) >= 11 is 1.13. The lowest BCUT2D eigenvalue weighted by Gasteiger charge is -2.06. The van der Waals surface area contributed by atoms with Crippen LogP contribution in [0.2, 0.25) is 0 Å². The van der Waals surface area contributed by atoms with Crippen LogP contribution in [0.25, 0.3) is 0 Å². The summed E-state index contributed by atoms with van der Waals surface area (Å²) in [7, 11) is 0. The molecular weight excluding hydrogens is 264 g/mol. The smallest absolute Gasteiger partial charge is 0.365 e. The summed E-state index contributed by atoms with van der Waals surface area (Å²) in [5.41, 5.74) is 1.66. The van der Waals surface area contributed by atoms with E-state index in [-0.39, 0.29) is 5.01 Å². The molecule has 0 bridgehead atoms. The summed E-state index contributed by atoms with van der Waals surface area (Å²) in [4.78, 5) is 14.7. The highest BCUT2D eigenvalue weighted by molar-refractivity contribution is 7.11. The summed E-state index contributed by atoms with van der Waals surface area (Å²) in [5, 5.41) is 13.8. The lowest BCUT2D eigenvalue weighted by Crippen LogP contribution is -2.01. The van der Waals surface area contributed by atoms with E-state index in [4.69, 9.17) is 9.84 Å². The van der Waals surface area contributed by atoms with Gasteiger partial charge in [0.1, 0.15) is 5.75 Å². The van der Waals surface area contributed by atoms with Crippen LogP contribution in [0.3, 0.4) is 0 Å². The SMILES string of the molecule is CCOc1ccc(NCc2csc(C(=O)O)n2)cc1. The van der Waals surface area contributed by atoms with E-state index in [1.807, 2.05) is 31.2 Å². The normalized spacial score (nSPS) is 10.2. The van der Waals surface area contributed by atoms with Gasteiger partial charge in [0.15, 0.2) is 0 Å². The molecule has 0 atom stereocenters. The van der Waals surface area contributed by atoms with Gasteiger partial charge in [-0.15, -0.1) is 11.3 Å². The summed E-state index contributed by atoms with van der Waals surface area (Å²) in [6, 6.07) is 7.59. The molecule has 2 N–H and O–H groups in total. The Kier molecular flexibility index (Phi) is 4.35. The average Bonchev–Trinajstić information content (AvgIpc) is 2.87. The second kappa shape index (κ2) is 6.19. The van der Waals surface area contributed by atoms with Crippen LogP contribution in [0, 0.1) is 0 Å². The molecule has 1 heterocycles. The van der Waals surface area contributed by atoms with Crippen LogP contribution in [0.4, 0.5) is 5.69 Å². The molecule has 6 heteroatoms. The topological polar surface area (TPSA) is 71.5 Å². The molecule has 0 unspecified atom stereocenters. The Bertz CT molecular complexity index is 551. The van der Waals surface area contributed by atoms with Gasteiger partial charge in [-0.25, -0.2) is 9.78 Å². The van der Waals surface area contributed by atoms with Gasteiger partial charge in [0, 0.05) is 11.1 Å². The van der Waals surface area contributed by atoms with E-state index in [1.54, 1.807) is 5.38 Å². The first-order valence-corrected chi connectivity index (χ1v) is 6.71. The van der Waals surface area contributed by atoms with Crippen LogP contribution in [-0.4, -0.2) is 22.7 Å². The number of rotatable bonds is 6. The van der Waals surface area contributed by atoms with Crippen molar-refractivity contribution in [2.45, 2.75) is 13.5 Å². The number of carboxylic acids is 1. The number of hydrogen-bond acceptors (Lipinski definition) is 5. The molecule has 0 saturated carbocycles. The molecule has 0 aliphatic heterocycles. The monoisotopic (exact) mass is 278 g/mol. The maximum atomic E-state index is 10.7. The first kappa shape index (κ1) is 13.4. The number of thiazole rings is 1. The lowest BCUT2D eigenvalue weighted by molar-refractivity contribution is 0.0696. The fourth-order valence-electron chi connectivity index (χ4n) is 1.51. The van der Waals surface area contributed by atoms with E-state index in [1.165, 1.54) is 0 Å². The standard InChI is InChI=1S/C13H14N2O3S/c1-2-18-11-5-3-9(4-6-11)14-7-10-8-19-12(15-10)13(16)17/h3-6,8,14H,2,7H2,1H3,(H,16,17). The summed E-state index contributed by atoms with van der Waals surface area (Å²) in [6.45, 7) is 3.08. The molecular formula is C13H14N2O3S. The number of ether oxygens (including phenoxy) is 1. The van der Waals surface area contributed by atoms with E-state index < -0.39 is 5.97 Å². The maximum Gasteiger partial charge on any atom is 0.365 e. The lowest BCUT2D eigenvalue weighted by atomic mass is 10.3. The van der Waals surface area contributed by atoms with Crippen LogP contribution in [0.15, 0.2) is 29.6 Å². The molecule has 0 fully saturated rings. The van der Waals surface area contributed by atoms with Crippen molar-refractivity contribution >= 4 is 23.0 Å². The quantitative estimate of drug-likeness (QED) is 0.850. The zero-order chi connectivity index (χ0) is 13.7. The minimum Gasteiger partial charge on any atom is -0.494 e. The van der Waals surface area contributed by atoms with E-state index in [2.05, 4.69) is 10.3 Å². The van der Waals surface area contributed by atoms with Gasteiger partial charge in [0.05, 0.1) is 18.8 Å². The Hall–Kier alpha value is -2.08. The molecule has 2 rings (SSSR count). The first-order valence-electron chi connectivity index (χ1n) is 5.83. The van der Waals surface area contributed by atoms with Crippen molar-refractivity contribution in [1.82, 2.24) is 4.98 Å². The third-order valence-corrected chi connectivity index (χ3v) is 3.25. The molecule has 0 saturated heterocycles. The minimum absolute atomic E-state index is 0.114. The van der Waals surface area contributed by atoms with Crippen molar-refractivity contribution in [3.63, 3.8) is 0 Å². The average molecular weight is 278 g/mol. The van der Waals surface area contributed by atoms with Gasteiger partial charge in [-0.05, 0) is 31.2 Å². The Balaban J connectivity index is 1.92. The predicted octanol–water partition coefficient (Wildman–Crippen LogP) is 2.85. The summed E-state index contributed by atoms with van der Waals surface area (Å²) in [6.07, 6.45) is 0. The number of anilines is 1. The molecule has 1 aromatic heterocycles. The Morgan fingerprint density at radius 1 is 1.42 bits per heavy atom. The maximum absolute atomic E-state index is 10.7. The van der Waals surface area contributed by atoms with Crippen molar-refractivity contribution in [2.24, 2.45) is 0 Å². The van der Waals surface area contributed by atoms with Crippen molar-refractivity contribution < 1.29 is 14.6 Å². The third-order valence-electron chi connectivity index (χ3n) is 2.37. The van der Waals surface area contributed by atoms with Crippen molar-refractivity contribution in [3.05, 3.63) is 40.3 Å². The number of nitrogens with one attached hydrogen (secondary N) is 1. The van der Waals surface area contributed by atoms with Crippen LogP contribution in [0.5, 0.6) is 5.75 Å². The van der Waals surface area contributed by atoms with Crippen LogP contribution in [-0.2, 0) is 6.54 Å². The molecule has 0 radical (unpaired) electrons. The predicted molar refractivity (Wildman–Crippen MR) is 74.0 cm³/mol. The minimum atomic E-state index is -0.989. The second-order valence-electron chi connectivity index (χ2n) is 3.76. The molecule has 0 amide bonds. The molecule has 5 nitrogen and oxygen atoms in total. The molecule has 0 spiro atoms. The fraction of sp³-hybridized carbons (Fsp3) is 0.231. The highest BCUT2D eigenvalue weighted by atomic mass is 32.1. The zero-order valence-electron chi connectivity index (χ0n) is 10.4. The number of nitrogens with zero attached hydrogens (tertiary/aromatic N) is 1. The Morgan fingerprint density at radius 2 is 2.16 bits per heavy atom. The number of carbonyl (C=O) groups is 1. The van der Waals surface area contributed by atoms with Gasteiger partial charge in [0.25, 0.3) is 0 Å². The number of aromatic nitrogens is 1. The van der Waals surface area contributed by atoms with E-state index in [0.29, 0.717) is 13.2 Å². The number of benzene rings is 1. The molecule has 0 aliphatic rings. The second-order valence-corrected chi connectivity index (χ2v) is 4.62. The number of carboxylic acid groups (broad SMARTS) is 1. The van der Waals surface area contributed by atoms with Gasteiger partial charge in [-0.1, -0.05) is 0 Å². The first-order chi connectivity index (χ1) is 9.19. The Labute approximate surface area is 114 Å². The zero-order valence-corrected chi connectivity index (χ0v) is 11.2. The molecule has 1 aromatic carbocycles. The molecule has 100 valence electrons. The van der Waals surface area contributed by atoms with Crippen molar-refractivity contribution in [2.75, 3.05) is 11.9 Å². The number of hydrogen-bond donors (Lipinski definition) is 2. The fourth-order valence-corrected chi connectivity index (χ4v) is 2.17. The van der Waals surface area contributed by atoms with Gasteiger partial charge in [-0.3, -0.25) is 0 Å². The Morgan fingerprint density at radius 3 is 2.74 bits per heavy atom. The van der Waals surface area contributed by atoms with Gasteiger partial charge >= 0.3 is 5.97 Å². The number of aromatic carboxylic acids is 1. The van der Waals surface area contributed by atoms with Gasteiger partial charge in [-0.2, -0.15) is 0 Å². The summed E-state index contributed by atoms with van der Waals surface area (Å²) in [5.74, 6) is -0.160. The highest BCUT2D eigenvalue weighted by Gasteiger charge is 2.08. The molecule has 2 aromatic rings. The largest absolute Gasteiger partial charge is 0.494 e. The molecule has 19 heavy (non-hydrogen) atoms. The molecule has 0 aliphatic carbocycles. The van der Waals surface area contributed by atoms with Crippen LogP contribution >= 0.6 is 11.3 Å². The van der Waals surface area contributed by atoms with E-state index in [0.717, 1.165) is 28.5 Å². The van der Waals surface area contributed by atoms with E-state index >= 15 is 0 Å². The van der Waals surface area contributed by atoms with Gasteiger partial charge < -0.3 is 15.2 Å². The van der Waals surface area contributed by atoms with Crippen molar-refractivity contribution in [3.8, 4) is 5.75 Å². The highest BCUT2D eigenvalue weighted by Crippen LogP contribution is 2.17. The van der Waals surface area contributed by atoms with Crippen LogP contribution < -0.4 is 10.1 Å². The van der Waals surface area contributed by atoms with Crippen molar-refractivity contribution in [1.29, 1.82) is 0 Å². The third kappa shape index (κ3) is 3.69. The van der Waals surface area contributed by atoms with Gasteiger partial charge in [0.2, 0.25) is 5.01 Å².